The number of benzene rings is 1. The highest BCUT2D eigenvalue weighted by Gasteiger charge is 2.25. The Balaban J connectivity index is 1.29. The highest BCUT2D eigenvalue weighted by Crippen LogP contribution is 2.13. The second-order valence-corrected chi connectivity index (χ2v) is 7.98. The zero-order valence-electron chi connectivity index (χ0n) is 17.0. The van der Waals surface area contributed by atoms with Crippen LogP contribution < -0.4 is 5.69 Å². The predicted octanol–water partition coefficient (Wildman–Crippen LogP) is 0.497. The first-order valence-corrected chi connectivity index (χ1v) is 10.5. The molecule has 2 saturated heterocycles. The Morgan fingerprint density at radius 1 is 0.862 bits per heavy atom. The van der Waals surface area contributed by atoms with E-state index in [0.29, 0.717) is 32.6 Å². The van der Waals surface area contributed by atoms with Gasteiger partial charge in [0, 0.05) is 59.3 Å². The van der Waals surface area contributed by atoms with E-state index in [-0.39, 0.29) is 17.5 Å². The fourth-order valence-corrected chi connectivity index (χ4v) is 4.36. The molecule has 8 nitrogen and oxygen atoms in total. The summed E-state index contributed by atoms with van der Waals surface area (Å²) >= 11 is 0. The summed E-state index contributed by atoms with van der Waals surface area (Å²) in [5, 5.41) is 0. The van der Waals surface area contributed by atoms with Crippen LogP contribution in [0.5, 0.6) is 0 Å². The molecule has 2 aliphatic heterocycles. The lowest BCUT2D eigenvalue weighted by Crippen LogP contribution is -2.51. The summed E-state index contributed by atoms with van der Waals surface area (Å²) in [6, 6.07) is 7.64. The SMILES string of the molecule is Cn1c(=O)n(CCC(=O)N2CCN(CC(=O)N3CCCC3)CC2)c2ccccc21. The number of piperazine rings is 1. The van der Waals surface area contributed by atoms with Crippen molar-refractivity contribution in [3.8, 4) is 0 Å². The normalized spacial score (nSPS) is 18.0. The number of para-hydroxylation sites is 2. The highest BCUT2D eigenvalue weighted by molar-refractivity contribution is 5.79. The smallest absolute Gasteiger partial charge is 0.328 e. The van der Waals surface area contributed by atoms with Crippen molar-refractivity contribution in [1.29, 1.82) is 0 Å². The summed E-state index contributed by atoms with van der Waals surface area (Å²) in [7, 11) is 1.76. The number of rotatable bonds is 5. The molecule has 2 fully saturated rings. The lowest BCUT2D eigenvalue weighted by atomic mass is 10.2. The Labute approximate surface area is 170 Å². The van der Waals surface area contributed by atoms with Crippen molar-refractivity contribution in [2.24, 2.45) is 7.05 Å². The summed E-state index contributed by atoms with van der Waals surface area (Å²) < 4.78 is 3.30. The quantitative estimate of drug-likeness (QED) is 0.734. The second kappa shape index (κ2) is 8.41. The van der Waals surface area contributed by atoms with Crippen molar-refractivity contribution in [2.45, 2.75) is 25.8 Å². The third-order valence-corrected chi connectivity index (χ3v) is 6.14. The van der Waals surface area contributed by atoms with Crippen LogP contribution in [-0.2, 0) is 23.2 Å². The molecule has 2 aromatic rings. The molecule has 0 aliphatic carbocycles. The molecular weight excluding hydrogens is 370 g/mol. The van der Waals surface area contributed by atoms with Gasteiger partial charge in [-0.05, 0) is 25.0 Å². The van der Waals surface area contributed by atoms with Crippen LogP contribution in [0.15, 0.2) is 29.1 Å². The largest absolute Gasteiger partial charge is 0.342 e. The van der Waals surface area contributed by atoms with Crippen LogP contribution >= 0.6 is 0 Å². The molecule has 0 radical (unpaired) electrons. The van der Waals surface area contributed by atoms with Crippen molar-refractivity contribution in [3.05, 3.63) is 34.7 Å². The van der Waals surface area contributed by atoms with Crippen molar-refractivity contribution in [3.63, 3.8) is 0 Å². The molecule has 0 saturated carbocycles. The molecule has 0 spiro atoms. The summed E-state index contributed by atoms with van der Waals surface area (Å²) in [5.41, 5.74) is 1.64. The molecular formula is C21H29N5O3. The van der Waals surface area contributed by atoms with Gasteiger partial charge in [-0.15, -0.1) is 0 Å². The van der Waals surface area contributed by atoms with E-state index in [1.54, 1.807) is 16.2 Å². The fourth-order valence-electron chi connectivity index (χ4n) is 4.36. The van der Waals surface area contributed by atoms with Gasteiger partial charge in [-0.25, -0.2) is 4.79 Å². The van der Waals surface area contributed by atoms with Crippen LogP contribution in [0.25, 0.3) is 11.0 Å². The molecule has 1 aromatic heterocycles. The molecule has 0 unspecified atom stereocenters. The van der Waals surface area contributed by atoms with Crippen LogP contribution in [0.4, 0.5) is 0 Å². The zero-order valence-corrected chi connectivity index (χ0v) is 17.0. The molecule has 29 heavy (non-hydrogen) atoms. The maximum absolute atomic E-state index is 12.7. The van der Waals surface area contributed by atoms with Gasteiger partial charge in [0.25, 0.3) is 0 Å². The minimum absolute atomic E-state index is 0.0651. The molecule has 0 atom stereocenters. The Bertz CT molecular complexity index is 949. The summed E-state index contributed by atoms with van der Waals surface area (Å²) in [6.07, 6.45) is 2.52. The van der Waals surface area contributed by atoms with Gasteiger partial charge < -0.3 is 9.80 Å². The third kappa shape index (κ3) is 4.07. The van der Waals surface area contributed by atoms with Crippen LogP contribution in [0.2, 0.25) is 0 Å². The minimum atomic E-state index is -0.0933. The highest BCUT2D eigenvalue weighted by atomic mass is 16.2. The van der Waals surface area contributed by atoms with Gasteiger partial charge in [0.2, 0.25) is 11.8 Å². The van der Waals surface area contributed by atoms with E-state index in [4.69, 9.17) is 0 Å². The fraction of sp³-hybridized carbons (Fsp3) is 0.571. The number of aromatic nitrogens is 2. The number of carbonyl (C=O) groups excluding carboxylic acids is 2. The van der Waals surface area contributed by atoms with Gasteiger partial charge in [0.1, 0.15) is 0 Å². The number of hydrogen-bond acceptors (Lipinski definition) is 4. The van der Waals surface area contributed by atoms with Crippen molar-refractivity contribution in [2.75, 3.05) is 45.8 Å². The lowest BCUT2D eigenvalue weighted by Gasteiger charge is -2.35. The van der Waals surface area contributed by atoms with Gasteiger partial charge >= 0.3 is 5.69 Å². The lowest BCUT2D eigenvalue weighted by molar-refractivity contribution is -0.134. The van der Waals surface area contributed by atoms with Gasteiger partial charge in [-0.1, -0.05) is 12.1 Å². The Morgan fingerprint density at radius 3 is 2.17 bits per heavy atom. The third-order valence-electron chi connectivity index (χ3n) is 6.14. The molecule has 8 heteroatoms. The molecule has 0 bridgehead atoms. The van der Waals surface area contributed by atoms with Crippen LogP contribution in [-0.4, -0.2) is 81.5 Å². The summed E-state index contributed by atoms with van der Waals surface area (Å²) in [4.78, 5) is 43.4. The molecule has 2 aliphatic rings. The molecule has 4 rings (SSSR count). The number of carbonyl (C=O) groups is 2. The first-order chi connectivity index (χ1) is 14.0. The average Bonchev–Trinajstić information content (AvgIpc) is 3.36. The summed E-state index contributed by atoms with van der Waals surface area (Å²) in [6.45, 7) is 5.31. The molecule has 3 heterocycles. The van der Waals surface area contributed by atoms with Crippen molar-refractivity contribution >= 4 is 22.8 Å². The Kier molecular flexibility index (Phi) is 5.71. The van der Waals surface area contributed by atoms with Gasteiger partial charge in [0.15, 0.2) is 0 Å². The maximum Gasteiger partial charge on any atom is 0.328 e. The van der Waals surface area contributed by atoms with E-state index in [9.17, 15) is 14.4 Å². The van der Waals surface area contributed by atoms with E-state index in [1.165, 1.54) is 0 Å². The van der Waals surface area contributed by atoms with E-state index in [2.05, 4.69) is 4.90 Å². The maximum atomic E-state index is 12.7. The first kappa shape index (κ1) is 19.7. The van der Waals surface area contributed by atoms with E-state index in [0.717, 1.165) is 50.1 Å². The Hall–Kier alpha value is -2.61. The van der Waals surface area contributed by atoms with Crippen molar-refractivity contribution in [1.82, 2.24) is 23.8 Å². The van der Waals surface area contributed by atoms with Crippen LogP contribution in [0, 0.1) is 0 Å². The van der Waals surface area contributed by atoms with E-state index >= 15 is 0 Å². The molecule has 0 N–H and O–H groups in total. The van der Waals surface area contributed by atoms with Crippen LogP contribution in [0.3, 0.4) is 0 Å². The second-order valence-electron chi connectivity index (χ2n) is 7.98. The topological polar surface area (TPSA) is 70.8 Å². The van der Waals surface area contributed by atoms with Crippen molar-refractivity contribution < 1.29 is 9.59 Å². The number of fused-ring (bicyclic) bond motifs is 1. The van der Waals surface area contributed by atoms with Crippen LogP contribution in [0.1, 0.15) is 19.3 Å². The first-order valence-electron chi connectivity index (χ1n) is 10.5. The number of hydrogen-bond donors (Lipinski definition) is 0. The number of nitrogens with zero attached hydrogens (tertiary/aromatic N) is 5. The van der Waals surface area contributed by atoms with E-state index in [1.807, 2.05) is 34.1 Å². The van der Waals surface area contributed by atoms with Gasteiger partial charge in [-0.3, -0.25) is 23.6 Å². The van der Waals surface area contributed by atoms with Gasteiger partial charge in [0.05, 0.1) is 17.6 Å². The summed E-state index contributed by atoms with van der Waals surface area (Å²) in [5.74, 6) is 0.271. The number of likely N-dealkylation sites (tertiary alicyclic amines) is 1. The standard InChI is InChI=1S/C21H29N5O3/c1-22-17-6-2-3-7-18(17)26(21(22)29)11-8-19(27)25-14-12-23(13-15-25)16-20(28)24-9-4-5-10-24/h2-3,6-7H,4-5,8-16H2,1H3. The number of amides is 2. The molecule has 2 amide bonds. The average molecular weight is 399 g/mol. The van der Waals surface area contributed by atoms with E-state index < -0.39 is 0 Å². The van der Waals surface area contributed by atoms with Gasteiger partial charge in [-0.2, -0.15) is 0 Å². The predicted molar refractivity (Wildman–Crippen MR) is 111 cm³/mol. The number of imidazole rings is 1. The monoisotopic (exact) mass is 399 g/mol. The molecule has 156 valence electrons. The molecule has 1 aromatic carbocycles. The zero-order chi connectivity index (χ0) is 20.4. The number of aryl methyl sites for hydroxylation is 2. The minimum Gasteiger partial charge on any atom is -0.342 e. The Morgan fingerprint density at radius 2 is 1.48 bits per heavy atom.